The van der Waals surface area contributed by atoms with Gasteiger partial charge in [0.2, 0.25) is 0 Å². The second-order valence-electron chi connectivity index (χ2n) is 5.44. The van der Waals surface area contributed by atoms with Crippen molar-refractivity contribution in [3.05, 3.63) is 92.2 Å². The number of unbranched alkanes of at least 4 members (excludes halogenated alkanes) is 2. The number of rotatable bonds is 11. The summed E-state index contributed by atoms with van der Waals surface area (Å²) in [6.07, 6.45) is 16.7. The molecule has 0 aromatic heterocycles. The topological polar surface area (TPSA) is 3.24 Å². The molecule has 122 valence electrons. The number of anilines is 1. The van der Waals surface area contributed by atoms with Crippen LogP contribution in [0.1, 0.15) is 32.6 Å². The predicted octanol–water partition coefficient (Wildman–Crippen LogP) is 6.44. The molecule has 1 rings (SSSR count). The Kier molecular flexibility index (Phi) is 9.23. The van der Waals surface area contributed by atoms with Gasteiger partial charge in [0.15, 0.2) is 0 Å². The van der Waals surface area contributed by atoms with Crippen LogP contribution in [0.15, 0.2) is 92.2 Å². The highest BCUT2D eigenvalue weighted by atomic mass is 15.2. The molecule has 0 saturated heterocycles. The Morgan fingerprint density at radius 1 is 1.17 bits per heavy atom. The number of allylic oxidation sites excluding steroid dienone is 4. The Balaban J connectivity index is 2.94. The van der Waals surface area contributed by atoms with Gasteiger partial charge in [0.25, 0.3) is 0 Å². The summed E-state index contributed by atoms with van der Waals surface area (Å²) in [5.74, 6) is 0. The van der Waals surface area contributed by atoms with E-state index in [4.69, 9.17) is 0 Å². The molecule has 0 saturated carbocycles. The smallest absolute Gasteiger partial charge is 0.0553 e. The molecule has 1 heteroatoms. The van der Waals surface area contributed by atoms with Crippen LogP contribution >= 0.6 is 0 Å². The third-order valence-corrected chi connectivity index (χ3v) is 3.64. The lowest BCUT2D eigenvalue weighted by atomic mass is 10.1. The molecular formula is C22H29N. The summed E-state index contributed by atoms with van der Waals surface area (Å²) in [4.78, 5) is 2.22. The zero-order valence-electron chi connectivity index (χ0n) is 14.3. The monoisotopic (exact) mass is 307 g/mol. The van der Waals surface area contributed by atoms with Crippen molar-refractivity contribution in [2.24, 2.45) is 0 Å². The summed E-state index contributed by atoms with van der Waals surface area (Å²) in [5, 5.41) is 0. The van der Waals surface area contributed by atoms with Crippen LogP contribution in [0, 0.1) is 0 Å². The lowest BCUT2D eigenvalue weighted by Crippen LogP contribution is -2.31. The van der Waals surface area contributed by atoms with Gasteiger partial charge < -0.3 is 4.90 Å². The van der Waals surface area contributed by atoms with E-state index >= 15 is 0 Å². The predicted molar refractivity (Wildman–Crippen MR) is 105 cm³/mol. The molecule has 0 N–H and O–H groups in total. The normalized spacial score (nSPS) is 12.4. The SMILES string of the molecule is C=C/C=C\C(=C)N(c1ccccc1)C(C=C)C/C=C/CCCC. The third kappa shape index (κ3) is 6.56. The number of benzene rings is 1. The molecule has 1 atom stereocenters. The van der Waals surface area contributed by atoms with E-state index in [0.29, 0.717) is 0 Å². The minimum absolute atomic E-state index is 0.178. The Hall–Kier alpha value is -2.28. The number of nitrogens with zero attached hydrogens (tertiary/aromatic N) is 1. The largest absolute Gasteiger partial charge is 0.335 e. The van der Waals surface area contributed by atoms with Gasteiger partial charge in [-0.15, -0.1) is 6.58 Å². The molecule has 0 fully saturated rings. The maximum Gasteiger partial charge on any atom is 0.0553 e. The molecule has 1 aromatic carbocycles. The van der Waals surface area contributed by atoms with Gasteiger partial charge in [-0.25, -0.2) is 0 Å². The molecule has 0 spiro atoms. The van der Waals surface area contributed by atoms with Gasteiger partial charge in [0, 0.05) is 11.4 Å². The van der Waals surface area contributed by atoms with Crippen LogP contribution in [-0.4, -0.2) is 6.04 Å². The summed E-state index contributed by atoms with van der Waals surface area (Å²) >= 11 is 0. The summed E-state index contributed by atoms with van der Waals surface area (Å²) in [6, 6.07) is 10.5. The molecular weight excluding hydrogens is 278 g/mol. The quantitative estimate of drug-likeness (QED) is 0.258. The maximum atomic E-state index is 4.21. The van der Waals surface area contributed by atoms with E-state index in [1.54, 1.807) is 6.08 Å². The number of para-hydroxylation sites is 1. The summed E-state index contributed by atoms with van der Waals surface area (Å²) < 4.78 is 0. The second-order valence-corrected chi connectivity index (χ2v) is 5.44. The molecule has 0 amide bonds. The summed E-state index contributed by atoms with van der Waals surface area (Å²) in [5.41, 5.74) is 2.06. The molecule has 0 aliphatic heterocycles. The van der Waals surface area contributed by atoms with Crippen molar-refractivity contribution >= 4 is 5.69 Å². The second kappa shape index (κ2) is 11.3. The van der Waals surface area contributed by atoms with Crippen molar-refractivity contribution in [2.45, 2.75) is 38.6 Å². The number of hydrogen-bond acceptors (Lipinski definition) is 1. The van der Waals surface area contributed by atoms with Crippen molar-refractivity contribution in [2.75, 3.05) is 4.90 Å². The molecule has 0 bridgehead atoms. The molecule has 0 aliphatic carbocycles. The van der Waals surface area contributed by atoms with Crippen LogP contribution in [0.3, 0.4) is 0 Å². The summed E-state index contributed by atoms with van der Waals surface area (Å²) in [6.45, 7) is 14.2. The minimum atomic E-state index is 0.178. The maximum absolute atomic E-state index is 4.21. The van der Waals surface area contributed by atoms with E-state index in [9.17, 15) is 0 Å². The van der Waals surface area contributed by atoms with Crippen molar-refractivity contribution in [3.8, 4) is 0 Å². The lowest BCUT2D eigenvalue weighted by molar-refractivity contribution is 0.763. The Morgan fingerprint density at radius 2 is 1.91 bits per heavy atom. The Bertz CT molecular complexity index is 536. The zero-order chi connectivity index (χ0) is 16.9. The van der Waals surface area contributed by atoms with Crippen molar-refractivity contribution < 1.29 is 0 Å². The molecule has 23 heavy (non-hydrogen) atoms. The molecule has 0 radical (unpaired) electrons. The van der Waals surface area contributed by atoms with E-state index in [-0.39, 0.29) is 6.04 Å². The van der Waals surface area contributed by atoms with Crippen molar-refractivity contribution in [1.82, 2.24) is 0 Å². The van der Waals surface area contributed by atoms with Crippen LogP contribution in [0.2, 0.25) is 0 Å². The molecule has 0 aliphatic rings. The van der Waals surface area contributed by atoms with Crippen LogP contribution < -0.4 is 4.90 Å². The fourth-order valence-electron chi connectivity index (χ4n) is 2.40. The first-order chi connectivity index (χ1) is 11.2. The highest BCUT2D eigenvalue weighted by Gasteiger charge is 2.16. The van der Waals surface area contributed by atoms with Crippen LogP contribution in [0.4, 0.5) is 5.69 Å². The Morgan fingerprint density at radius 3 is 2.52 bits per heavy atom. The molecule has 1 nitrogen and oxygen atoms in total. The van der Waals surface area contributed by atoms with Crippen LogP contribution in [0.5, 0.6) is 0 Å². The first-order valence-corrected chi connectivity index (χ1v) is 8.34. The molecule has 1 unspecified atom stereocenters. The van der Waals surface area contributed by atoms with Gasteiger partial charge in [-0.3, -0.25) is 0 Å². The van der Waals surface area contributed by atoms with E-state index in [2.05, 4.69) is 55.8 Å². The molecule has 0 heterocycles. The fraction of sp³-hybridized carbons (Fsp3) is 0.273. The zero-order valence-corrected chi connectivity index (χ0v) is 14.3. The van der Waals surface area contributed by atoms with Gasteiger partial charge in [-0.2, -0.15) is 0 Å². The fourth-order valence-corrected chi connectivity index (χ4v) is 2.40. The van der Waals surface area contributed by atoms with E-state index in [1.807, 2.05) is 36.4 Å². The number of hydrogen-bond donors (Lipinski definition) is 0. The van der Waals surface area contributed by atoms with Crippen LogP contribution in [-0.2, 0) is 0 Å². The Labute approximate surface area is 142 Å². The summed E-state index contributed by atoms with van der Waals surface area (Å²) in [7, 11) is 0. The van der Waals surface area contributed by atoms with Crippen molar-refractivity contribution in [3.63, 3.8) is 0 Å². The van der Waals surface area contributed by atoms with Gasteiger partial charge in [0.05, 0.1) is 6.04 Å². The highest BCUT2D eigenvalue weighted by molar-refractivity contribution is 5.56. The van der Waals surface area contributed by atoms with E-state index in [0.717, 1.165) is 24.2 Å². The third-order valence-electron chi connectivity index (χ3n) is 3.64. The van der Waals surface area contributed by atoms with Gasteiger partial charge >= 0.3 is 0 Å². The average Bonchev–Trinajstić information content (AvgIpc) is 2.59. The van der Waals surface area contributed by atoms with E-state index in [1.165, 1.54) is 12.8 Å². The van der Waals surface area contributed by atoms with Crippen LogP contribution in [0.25, 0.3) is 0 Å². The first kappa shape index (κ1) is 18.8. The minimum Gasteiger partial charge on any atom is -0.335 e. The lowest BCUT2D eigenvalue weighted by Gasteiger charge is -2.31. The highest BCUT2D eigenvalue weighted by Crippen LogP contribution is 2.24. The van der Waals surface area contributed by atoms with Gasteiger partial charge in [-0.1, -0.05) is 81.5 Å². The first-order valence-electron chi connectivity index (χ1n) is 8.34. The average molecular weight is 307 g/mol. The molecule has 1 aromatic rings. The standard InChI is InChI=1S/C22H29N/c1-5-8-10-11-13-17-21(7-3)23(20(4)16-9-6-2)22-18-14-12-15-19-22/h6-7,9,11-16,18-19,21H,2-5,8,10,17H2,1H3/b13-11+,16-9-. The van der Waals surface area contributed by atoms with E-state index < -0.39 is 0 Å². The van der Waals surface area contributed by atoms with Crippen molar-refractivity contribution in [1.29, 1.82) is 0 Å². The van der Waals surface area contributed by atoms with Gasteiger partial charge in [-0.05, 0) is 31.1 Å². The van der Waals surface area contributed by atoms with Gasteiger partial charge in [0.1, 0.15) is 0 Å².